The summed E-state index contributed by atoms with van der Waals surface area (Å²) >= 11 is 1.74. The average Bonchev–Trinajstić information content (AvgIpc) is 3.20. The Balaban J connectivity index is 1.05. The molecule has 2 atom stereocenters. The lowest BCUT2D eigenvalue weighted by Crippen LogP contribution is -2.36. The number of aromatic nitrogens is 3. The summed E-state index contributed by atoms with van der Waals surface area (Å²) in [6, 6.07) is 5.78. The molecule has 1 aromatic heterocycles. The fourth-order valence-corrected chi connectivity index (χ4v) is 6.90. The number of likely N-dealkylation sites (tertiary alicyclic amines) is 2. The lowest BCUT2D eigenvalue weighted by atomic mass is 9.96. The van der Waals surface area contributed by atoms with Crippen LogP contribution < -0.4 is 0 Å². The van der Waals surface area contributed by atoms with E-state index >= 15 is 0 Å². The molecule has 10 heteroatoms. The van der Waals surface area contributed by atoms with E-state index in [1.807, 2.05) is 11.9 Å². The first kappa shape index (κ1) is 25.6. The highest BCUT2D eigenvalue weighted by Crippen LogP contribution is 2.64. The fraction of sp³-hybridized carbons (Fsp3) is 0.654. The zero-order chi connectivity index (χ0) is 25.5. The van der Waals surface area contributed by atoms with Crippen molar-refractivity contribution in [1.29, 1.82) is 0 Å². The van der Waals surface area contributed by atoms with Gasteiger partial charge in [0.05, 0.1) is 5.56 Å². The van der Waals surface area contributed by atoms with Gasteiger partial charge in [-0.2, -0.15) is 13.2 Å². The number of rotatable bonds is 7. The van der Waals surface area contributed by atoms with Crippen LogP contribution in [0.2, 0.25) is 0 Å². The zero-order valence-corrected chi connectivity index (χ0v) is 21.7. The van der Waals surface area contributed by atoms with Gasteiger partial charge in [-0.3, -0.25) is 4.79 Å². The van der Waals surface area contributed by atoms with Gasteiger partial charge >= 0.3 is 6.18 Å². The third-order valence-corrected chi connectivity index (χ3v) is 9.42. The molecule has 1 aromatic carbocycles. The topological polar surface area (TPSA) is 54.3 Å². The van der Waals surface area contributed by atoms with E-state index in [-0.39, 0.29) is 11.3 Å². The highest BCUT2D eigenvalue weighted by Gasteiger charge is 2.57. The number of nitrogens with zero attached hydrogens (tertiary/aromatic N) is 5. The van der Waals surface area contributed by atoms with Crippen LogP contribution in [0.4, 0.5) is 13.2 Å². The van der Waals surface area contributed by atoms with Gasteiger partial charge in [-0.1, -0.05) is 23.9 Å². The van der Waals surface area contributed by atoms with Gasteiger partial charge in [0.15, 0.2) is 5.16 Å². The Kier molecular flexibility index (Phi) is 7.11. The number of hydrogen-bond donors (Lipinski definition) is 0. The van der Waals surface area contributed by atoms with Gasteiger partial charge < -0.3 is 14.4 Å². The molecule has 0 bridgehead atoms. The molecular formula is C26H34F3N5OS. The summed E-state index contributed by atoms with van der Waals surface area (Å²) in [6.45, 7) is 6.33. The van der Waals surface area contributed by atoms with Gasteiger partial charge in [0.1, 0.15) is 5.82 Å². The van der Waals surface area contributed by atoms with Crippen molar-refractivity contribution in [1.82, 2.24) is 24.6 Å². The van der Waals surface area contributed by atoms with Gasteiger partial charge in [-0.25, -0.2) is 0 Å². The average molecular weight is 522 g/mol. The zero-order valence-electron chi connectivity index (χ0n) is 20.9. The second-order valence-corrected chi connectivity index (χ2v) is 11.7. The first-order chi connectivity index (χ1) is 17.2. The Morgan fingerprint density at radius 3 is 2.53 bits per heavy atom. The molecule has 36 heavy (non-hydrogen) atoms. The molecule has 0 radical (unpaired) electrons. The quantitative estimate of drug-likeness (QED) is 0.382. The normalized spacial score (nSPS) is 25.1. The number of hydrogen-bond acceptors (Lipinski definition) is 5. The van der Waals surface area contributed by atoms with Crippen molar-refractivity contribution in [3.8, 4) is 0 Å². The molecule has 3 fully saturated rings. The van der Waals surface area contributed by atoms with Crippen LogP contribution in [0.15, 0.2) is 29.4 Å². The van der Waals surface area contributed by atoms with E-state index in [0.29, 0.717) is 11.8 Å². The number of carbonyl (C=O) groups excluding carboxylic acids is 1. The van der Waals surface area contributed by atoms with Crippen LogP contribution in [0.1, 0.15) is 67.8 Å². The lowest BCUT2D eigenvalue weighted by molar-refractivity contribution is -0.137. The number of halogens is 3. The smallest absolute Gasteiger partial charge is 0.343 e. The van der Waals surface area contributed by atoms with E-state index in [4.69, 9.17) is 0 Å². The summed E-state index contributed by atoms with van der Waals surface area (Å²) in [7, 11) is 2.04. The largest absolute Gasteiger partial charge is 0.416 e. The monoisotopic (exact) mass is 521 g/mol. The fourth-order valence-electron chi connectivity index (χ4n) is 6.06. The molecule has 196 valence electrons. The number of carbonyl (C=O) groups is 1. The van der Waals surface area contributed by atoms with Crippen molar-refractivity contribution < 1.29 is 18.0 Å². The van der Waals surface area contributed by atoms with Crippen LogP contribution in [0, 0.1) is 5.41 Å². The van der Waals surface area contributed by atoms with Crippen LogP contribution in [0.25, 0.3) is 0 Å². The molecule has 1 amide bonds. The predicted molar refractivity (Wildman–Crippen MR) is 133 cm³/mol. The maximum atomic E-state index is 12.9. The van der Waals surface area contributed by atoms with Crippen molar-refractivity contribution in [2.24, 2.45) is 12.5 Å². The van der Waals surface area contributed by atoms with Crippen LogP contribution >= 0.6 is 11.8 Å². The Hall–Kier alpha value is -2.07. The standard InChI is InChI=1S/C26H34F3N5OS/c1-18(35)34-12-8-20(9-13-34)23-30-31-24(32(23)2)36-15-3-11-33-14-10-25(17-33)16-22(25)19-4-6-21(7-5-19)26(27,28)29/h4-7,20,22H,3,8-17H2,1-2H3. The SMILES string of the molecule is CC(=O)N1CCC(c2nnc(SCCCN3CCC4(CC4c4ccc(C(F)(F)F)cc4)C3)n2C)CC1. The highest BCUT2D eigenvalue weighted by atomic mass is 32.2. The van der Waals surface area contributed by atoms with Gasteiger partial charge in [0.2, 0.25) is 5.91 Å². The number of amides is 1. The van der Waals surface area contributed by atoms with E-state index < -0.39 is 11.7 Å². The van der Waals surface area contributed by atoms with Crippen LogP contribution in [0.3, 0.4) is 0 Å². The predicted octanol–water partition coefficient (Wildman–Crippen LogP) is 4.92. The Bertz CT molecular complexity index is 1080. The highest BCUT2D eigenvalue weighted by molar-refractivity contribution is 7.99. The van der Waals surface area contributed by atoms with E-state index in [9.17, 15) is 18.0 Å². The van der Waals surface area contributed by atoms with Crippen LogP contribution in [-0.2, 0) is 18.0 Å². The second-order valence-electron chi connectivity index (χ2n) is 10.6. The molecule has 2 aliphatic heterocycles. The molecule has 5 rings (SSSR count). The Morgan fingerprint density at radius 2 is 1.86 bits per heavy atom. The molecular weight excluding hydrogens is 487 g/mol. The summed E-state index contributed by atoms with van der Waals surface area (Å²) in [5.41, 5.74) is 0.731. The number of thioether (sulfide) groups is 1. The Morgan fingerprint density at radius 1 is 1.14 bits per heavy atom. The molecule has 3 aliphatic rings. The molecule has 1 saturated carbocycles. The van der Waals surface area contributed by atoms with E-state index in [1.54, 1.807) is 30.8 Å². The van der Waals surface area contributed by atoms with Crippen molar-refractivity contribution in [3.05, 3.63) is 41.2 Å². The van der Waals surface area contributed by atoms with E-state index in [2.05, 4.69) is 19.7 Å². The minimum Gasteiger partial charge on any atom is -0.343 e. The summed E-state index contributed by atoms with van der Waals surface area (Å²) < 4.78 is 40.7. The molecule has 3 heterocycles. The Labute approximate surface area is 214 Å². The molecule has 1 aliphatic carbocycles. The third-order valence-electron chi connectivity index (χ3n) is 8.32. The molecule has 0 N–H and O–H groups in total. The summed E-state index contributed by atoms with van der Waals surface area (Å²) in [5, 5.41) is 9.83. The molecule has 2 aromatic rings. The van der Waals surface area contributed by atoms with Crippen molar-refractivity contribution in [2.75, 3.05) is 38.5 Å². The first-order valence-corrected chi connectivity index (χ1v) is 13.8. The molecule has 2 unspecified atom stereocenters. The van der Waals surface area contributed by atoms with E-state index in [1.165, 1.54) is 12.1 Å². The number of piperidine rings is 1. The van der Waals surface area contributed by atoms with Gasteiger partial charge in [0, 0.05) is 45.3 Å². The first-order valence-electron chi connectivity index (χ1n) is 12.8. The summed E-state index contributed by atoms with van der Waals surface area (Å²) in [4.78, 5) is 16.0. The second kappa shape index (κ2) is 10.0. The molecule has 1 spiro atoms. The molecule has 6 nitrogen and oxygen atoms in total. The van der Waals surface area contributed by atoms with Crippen molar-refractivity contribution >= 4 is 17.7 Å². The third kappa shape index (κ3) is 5.30. The molecule has 2 saturated heterocycles. The van der Waals surface area contributed by atoms with Gasteiger partial charge in [-0.05, 0) is 74.2 Å². The van der Waals surface area contributed by atoms with Crippen molar-refractivity contribution in [3.63, 3.8) is 0 Å². The minimum atomic E-state index is -4.28. The maximum Gasteiger partial charge on any atom is 0.416 e. The number of benzene rings is 1. The lowest BCUT2D eigenvalue weighted by Gasteiger charge is -2.30. The van der Waals surface area contributed by atoms with Crippen LogP contribution in [0.5, 0.6) is 0 Å². The minimum absolute atomic E-state index is 0.142. The summed E-state index contributed by atoms with van der Waals surface area (Å²) in [6.07, 6.45) is 0.853. The van der Waals surface area contributed by atoms with Gasteiger partial charge in [0.25, 0.3) is 0 Å². The van der Waals surface area contributed by atoms with Gasteiger partial charge in [-0.15, -0.1) is 10.2 Å². The number of alkyl halides is 3. The van der Waals surface area contributed by atoms with E-state index in [0.717, 1.165) is 87.1 Å². The maximum absolute atomic E-state index is 12.9. The summed E-state index contributed by atoms with van der Waals surface area (Å²) in [5.74, 6) is 2.87. The van der Waals surface area contributed by atoms with Crippen LogP contribution in [-0.4, -0.2) is 68.9 Å². The van der Waals surface area contributed by atoms with Crippen molar-refractivity contribution in [2.45, 2.75) is 62.2 Å².